The smallest absolute Gasteiger partial charge is 0.269 e. The molecule has 4 nitrogen and oxygen atoms in total. The van der Waals surface area contributed by atoms with Gasteiger partial charge in [0.15, 0.2) is 0 Å². The van der Waals surface area contributed by atoms with Gasteiger partial charge in [0.25, 0.3) is 5.69 Å². The van der Waals surface area contributed by atoms with E-state index in [9.17, 15) is 10.1 Å². The van der Waals surface area contributed by atoms with Crippen LogP contribution in [-0.2, 0) is 6.54 Å². The summed E-state index contributed by atoms with van der Waals surface area (Å²) in [5.41, 5.74) is 1.15. The molecule has 0 unspecified atom stereocenters. The molecule has 1 atom stereocenters. The van der Waals surface area contributed by atoms with Gasteiger partial charge in [0.2, 0.25) is 0 Å². The average Bonchev–Trinajstić information content (AvgIpc) is 2.90. The number of hydrogen-bond donors (Lipinski definition) is 1. The molecule has 0 spiro atoms. The van der Waals surface area contributed by atoms with Crippen LogP contribution in [0, 0.1) is 16.0 Å². The molecule has 0 aromatic heterocycles. The average molecular weight is 248 g/mol. The van der Waals surface area contributed by atoms with Gasteiger partial charge in [0, 0.05) is 24.7 Å². The summed E-state index contributed by atoms with van der Waals surface area (Å²) in [6, 6.07) is 7.35. The van der Waals surface area contributed by atoms with E-state index in [4.69, 9.17) is 0 Å². The number of nitro groups is 1. The zero-order valence-electron chi connectivity index (χ0n) is 10.8. The second kappa shape index (κ2) is 5.96. The normalized spacial score (nSPS) is 17.8. The molecule has 1 aliphatic carbocycles. The zero-order chi connectivity index (χ0) is 13.0. The fourth-order valence-electron chi connectivity index (χ4n) is 2.68. The molecule has 0 amide bonds. The lowest BCUT2D eigenvalue weighted by atomic mass is 9.99. The van der Waals surface area contributed by atoms with Crippen molar-refractivity contribution >= 4 is 5.69 Å². The highest BCUT2D eigenvalue weighted by Crippen LogP contribution is 2.27. The first-order chi connectivity index (χ1) is 8.66. The highest BCUT2D eigenvalue weighted by molar-refractivity contribution is 5.34. The summed E-state index contributed by atoms with van der Waals surface area (Å²) in [6.07, 6.45) is 5.30. The first kappa shape index (κ1) is 13.0. The van der Waals surface area contributed by atoms with Crippen LogP contribution in [0.25, 0.3) is 0 Å². The van der Waals surface area contributed by atoms with Gasteiger partial charge in [-0.3, -0.25) is 10.1 Å². The molecule has 0 bridgehead atoms. The van der Waals surface area contributed by atoms with Crippen LogP contribution in [0.3, 0.4) is 0 Å². The molecule has 18 heavy (non-hydrogen) atoms. The zero-order valence-corrected chi connectivity index (χ0v) is 10.8. The molecule has 1 aromatic rings. The monoisotopic (exact) mass is 248 g/mol. The summed E-state index contributed by atoms with van der Waals surface area (Å²) < 4.78 is 0. The number of nitro benzene ring substituents is 1. The van der Waals surface area contributed by atoms with Crippen LogP contribution in [-0.4, -0.2) is 11.0 Å². The van der Waals surface area contributed by atoms with Crippen LogP contribution in [0.15, 0.2) is 24.3 Å². The summed E-state index contributed by atoms with van der Waals surface area (Å²) in [6.45, 7) is 2.92. The fourth-order valence-corrected chi connectivity index (χ4v) is 2.68. The Morgan fingerprint density at radius 3 is 2.83 bits per heavy atom. The molecular formula is C14H20N2O2. The molecule has 1 N–H and O–H groups in total. The topological polar surface area (TPSA) is 55.2 Å². The van der Waals surface area contributed by atoms with Gasteiger partial charge in [-0.15, -0.1) is 0 Å². The Morgan fingerprint density at radius 2 is 2.17 bits per heavy atom. The molecule has 0 radical (unpaired) electrons. The second-order valence-electron chi connectivity index (χ2n) is 5.14. The lowest BCUT2D eigenvalue weighted by Crippen LogP contribution is -2.31. The first-order valence-electron chi connectivity index (χ1n) is 6.63. The summed E-state index contributed by atoms with van der Waals surface area (Å²) in [7, 11) is 0. The number of benzene rings is 1. The highest BCUT2D eigenvalue weighted by Gasteiger charge is 2.20. The Hall–Kier alpha value is -1.42. The van der Waals surface area contributed by atoms with Gasteiger partial charge in [0.1, 0.15) is 0 Å². The predicted octanol–water partition coefficient (Wildman–Crippen LogP) is 3.26. The number of rotatable bonds is 5. The Balaban J connectivity index is 1.89. The molecule has 1 aliphatic rings. The van der Waals surface area contributed by atoms with E-state index in [0.29, 0.717) is 12.6 Å². The Morgan fingerprint density at radius 1 is 1.44 bits per heavy atom. The number of non-ortho nitro benzene ring substituents is 1. The summed E-state index contributed by atoms with van der Waals surface area (Å²) in [5, 5.41) is 14.2. The minimum absolute atomic E-state index is 0.169. The number of nitrogens with one attached hydrogen (secondary N) is 1. The summed E-state index contributed by atoms with van der Waals surface area (Å²) in [4.78, 5) is 10.3. The molecule has 0 saturated heterocycles. The van der Waals surface area contributed by atoms with Crippen molar-refractivity contribution in [1.29, 1.82) is 0 Å². The molecular weight excluding hydrogens is 228 g/mol. The lowest BCUT2D eigenvalue weighted by molar-refractivity contribution is -0.384. The van der Waals surface area contributed by atoms with E-state index in [1.807, 2.05) is 6.07 Å². The lowest BCUT2D eigenvalue weighted by Gasteiger charge is -2.20. The van der Waals surface area contributed by atoms with Gasteiger partial charge in [-0.2, -0.15) is 0 Å². The number of hydrogen-bond acceptors (Lipinski definition) is 3. The molecule has 2 rings (SSSR count). The van der Waals surface area contributed by atoms with Gasteiger partial charge in [-0.1, -0.05) is 25.0 Å². The third-order valence-electron chi connectivity index (χ3n) is 3.86. The maximum atomic E-state index is 10.7. The van der Waals surface area contributed by atoms with Gasteiger partial charge < -0.3 is 5.32 Å². The second-order valence-corrected chi connectivity index (χ2v) is 5.14. The van der Waals surface area contributed by atoms with E-state index < -0.39 is 0 Å². The Bertz CT molecular complexity index is 414. The van der Waals surface area contributed by atoms with Gasteiger partial charge >= 0.3 is 0 Å². The van der Waals surface area contributed by atoms with Crippen molar-refractivity contribution in [1.82, 2.24) is 5.32 Å². The van der Waals surface area contributed by atoms with Crippen LogP contribution >= 0.6 is 0 Å². The minimum atomic E-state index is -0.343. The number of nitrogens with zero attached hydrogens (tertiary/aromatic N) is 1. The van der Waals surface area contributed by atoms with E-state index in [1.165, 1.54) is 31.7 Å². The molecule has 0 heterocycles. The van der Waals surface area contributed by atoms with Crippen LogP contribution in [0.1, 0.15) is 38.2 Å². The highest BCUT2D eigenvalue weighted by atomic mass is 16.6. The maximum Gasteiger partial charge on any atom is 0.269 e. The molecule has 1 aromatic carbocycles. The maximum absolute atomic E-state index is 10.7. The van der Waals surface area contributed by atoms with Gasteiger partial charge in [-0.05, 0) is 31.2 Å². The summed E-state index contributed by atoms with van der Waals surface area (Å²) >= 11 is 0. The van der Waals surface area contributed by atoms with Crippen molar-refractivity contribution in [3.8, 4) is 0 Å². The van der Waals surface area contributed by atoms with Gasteiger partial charge in [0.05, 0.1) is 4.92 Å². The van der Waals surface area contributed by atoms with E-state index in [-0.39, 0.29) is 10.6 Å². The Kier molecular flexibility index (Phi) is 4.31. The first-order valence-corrected chi connectivity index (χ1v) is 6.63. The van der Waals surface area contributed by atoms with Gasteiger partial charge in [-0.25, -0.2) is 0 Å². The van der Waals surface area contributed by atoms with Crippen LogP contribution in [0.4, 0.5) is 5.69 Å². The Labute approximate surface area is 108 Å². The van der Waals surface area contributed by atoms with Crippen LogP contribution in [0.2, 0.25) is 0 Å². The van der Waals surface area contributed by atoms with Crippen molar-refractivity contribution in [3.63, 3.8) is 0 Å². The third-order valence-corrected chi connectivity index (χ3v) is 3.86. The molecule has 4 heteroatoms. The molecule has 1 fully saturated rings. The molecule has 0 aliphatic heterocycles. The van der Waals surface area contributed by atoms with E-state index >= 15 is 0 Å². The largest absolute Gasteiger partial charge is 0.310 e. The van der Waals surface area contributed by atoms with E-state index in [2.05, 4.69) is 12.2 Å². The van der Waals surface area contributed by atoms with Crippen molar-refractivity contribution in [3.05, 3.63) is 39.9 Å². The quantitative estimate of drug-likeness (QED) is 0.642. The molecule has 1 saturated carbocycles. The summed E-state index contributed by atoms with van der Waals surface area (Å²) in [5.74, 6) is 0.767. The van der Waals surface area contributed by atoms with Crippen molar-refractivity contribution in [2.75, 3.05) is 0 Å². The van der Waals surface area contributed by atoms with Crippen LogP contribution in [0.5, 0.6) is 0 Å². The third kappa shape index (κ3) is 3.29. The standard InChI is InChI=1S/C14H20N2O2/c1-11(13-6-2-3-7-13)15-10-12-5-4-8-14(9-12)16(17)18/h4-5,8-9,11,13,15H,2-3,6-7,10H2,1H3/t11-/m1/s1. The minimum Gasteiger partial charge on any atom is -0.310 e. The van der Waals surface area contributed by atoms with Crippen LogP contribution < -0.4 is 5.32 Å². The SMILES string of the molecule is C[C@@H](NCc1cccc([N+](=O)[O-])c1)C1CCCC1. The van der Waals surface area contributed by atoms with Crippen molar-refractivity contribution in [2.45, 2.75) is 45.2 Å². The van der Waals surface area contributed by atoms with Crippen molar-refractivity contribution in [2.24, 2.45) is 5.92 Å². The van der Waals surface area contributed by atoms with E-state index in [0.717, 1.165) is 11.5 Å². The van der Waals surface area contributed by atoms with Crippen molar-refractivity contribution < 1.29 is 4.92 Å². The predicted molar refractivity (Wildman–Crippen MR) is 71.4 cm³/mol. The fraction of sp³-hybridized carbons (Fsp3) is 0.571. The molecule has 98 valence electrons. The van der Waals surface area contributed by atoms with E-state index in [1.54, 1.807) is 12.1 Å².